The van der Waals surface area contributed by atoms with Gasteiger partial charge in [0.2, 0.25) is 0 Å². The maximum Gasteiger partial charge on any atom is 0.314 e. The van der Waals surface area contributed by atoms with Gasteiger partial charge in [0.1, 0.15) is 12.8 Å². The molecule has 1 aromatic heterocycles. The van der Waals surface area contributed by atoms with Crippen molar-refractivity contribution in [2.45, 2.75) is 31.7 Å². The summed E-state index contributed by atoms with van der Waals surface area (Å²) in [6, 6.07) is 4.79. The molecule has 144 valence electrons. The molecule has 1 saturated heterocycles. The first kappa shape index (κ1) is 23.0. The zero-order chi connectivity index (χ0) is 20.1. The van der Waals surface area contributed by atoms with E-state index in [-0.39, 0.29) is 0 Å². The fourth-order valence-corrected chi connectivity index (χ4v) is 2.16. The van der Waals surface area contributed by atoms with Crippen molar-refractivity contribution >= 4 is 23.9 Å². The highest BCUT2D eigenvalue weighted by Gasteiger charge is 2.21. The summed E-state index contributed by atoms with van der Waals surface area (Å²) < 4.78 is 0. The summed E-state index contributed by atoms with van der Waals surface area (Å²) >= 11 is 0. The monoisotopic (exact) mass is 370 g/mol. The molecule has 1 aliphatic rings. The minimum Gasteiger partial charge on any atom is -0.481 e. The second-order valence-corrected chi connectivity index (χ2v) is 5.35. The number of nitrogens with zero attached hydrogens (tertiary/aromatic N) is 2. The summed E-state index contributed by atoms with van der Waals surface area (Å²) in [5.74, 6) is -5.25. The van der Waals surface area contributed by atoms with Gasteiger partial charge in [-0.2, -0.15) is 0 Å². The number of hydrogen-bond acceptors (Lipinski definition) is 6. The van der Waals surface area contributed by atoms with E-state index < -0.39 is 36.7 Å². The van der Waals surface area contributed by atoms with Crippen LogP contribution in [0.4, 0.5) is 0 Å². The molecule has 26 heavy (non-hydrogen) atoms. The van der Waals surface area contributed by atoms with Crippen LogP contribution in [0.15, 0.2) is 24.5 Å². The standard InChI is InChI=1S/C10H14N2.2C3H4O4/c1-12-7-3-5-10(12)9-4-2-6-11-8-9;2*4-2(5)1-3(6)7/h2,4,6,8,10H,3,5,7H2,1H3;2*1H2,(H,4,5)(H,6,7). The second-order valence-electron chi connectivity index (χ2n) is 5.35. The van der Waals surface area contributed by atoms with Gasteiger partial charge in [0.05, 0.1) is 0 Å². The Kier molecular flexibility index (Phi) is 10.9. The molecule has 0 aliphatic carbocycles. The van der Waals surface area contributed by atoms with Crippen LogP contribution in [0.3, 0.4) is 0 Å². The largest absolute Gasteiger partial charge is 0.481 e. The number of carboxylic acid groups (broad SMARTS) is 4. The summed E-state index contributed by atoms with van der Waals surface area (Å²) in [7, 11) is 2.19. The predicted molar refractivity (Wildman–Crippen MR) is 88.6 cm³/mol. The summed E-state index contributed by atoms with van der Waals surface area (Å²) in [6.45, 7) is 1.22. The summed E-state index contributed by atoms with van der Waals surface area (Å²) in [5.41, 5.74) is 1.36. The average molecular weight is 370 g/mol. The van der Waals surface area contributed by atoms with Crippen LogP contribution in [0.25, 0.3) is 0 Å². The van der Waals surface area contributed by atoms with Crippen molar-refractivity contribution in [2.24, 2.45) is 0 Å². The van der Waals surface area contributed by atoms with E-state index in [0.29, 0.717) is 6.04 Å². The second kappa shape index (κ2) is 12.4. The average Bonchev–Trinajstić information content (AvgIpc) is 2.92. The Morgan fingerprint density at radius 1 is 1.04 bits per heavy atom. The van der Waals surface area contributed by atoms with Gasteiger partial charge in [-0.25, -0.2) is 0 Å². The first-order valence-corrected chi connectivity index (χ1v) is 7.60. The van der Waals surface area contributed by atoms with Crippen molar-refractivity contribution in [3.8, 4) is 0 Å². The molecule has 1 aliphatic heterocycles. The van der Waals surface area contributed by atoms with Crippen LogP contribution in [-0.4, -0.2) is 67.8 Å². The zero-order valence-corrected chi connectivity index (χ0v) is 14.2. The van der Waals surface area contributed by atoms with E-state index in [1.54, 1.807) is 0 Å². The van der Waals surface area contributed by atoms with Gasteiger partial charge in [-0.3, -0.25) is 29.1 Å². The lowest BCUT2D eigenvalue weighted by Gasteiger charge is -2.18. The van der Waals surface area contributed by atoms with Crippen molar-refractivity contribution in [3.05, 3.63) is 30.1 Å². The van der Waals surface area contributed by atoms with E-state index in [2.05, 4.69) is 23.0 Å². The predicted octanol–water partition coefficient (Wildman–Crippen LogP) is 0.940. The molecule has 0 bridgehead atoms. The number of pyridine rings is 1. The van der Waals surface area contributed by atoms with Crippen LogP contribution in [-0.2, 0) is 19.2 Å². The number of carboxylic acids is 4. The molecule has 0 amide bonds. The van der Waals surface area contributed by atoms with Crippen LogP contribution in [0.1, 0.15) is 37.3 Å². The highest BCUT2D eigenvalue weighted by molar-refractivity contribution is 5.89. The van der Waals surface area contributed by atoms with Crippen LogP contribution in [0.2, 0.25) is 0 Å². The molecular formula is C16H22N2O8. The van der Waals surface area contributed by atoms with Gasteiger partial charge < -0.3 is 20.4 Å². The van der Waals surface area contributed by atoms with Gasteiger partial charge in [-0.1, -0.05) is 6.07 Å². The van der Waals surface area contributed by atoms with Crippen LogP contribution < -0.4 is 0 Å². The third-order valence-corrected chi connectivity index (χ3v) is 3.19. The lowest BCUT2D eigenvalue weighted by molar-refractivity contribution is -0.149. The summed E-state index contributed by atoms with van der Waals surface area (Å²) in [5, 5.41) is 30.8. The Morgan fingerprint density at radius 2 is 1.54 bits per heavy atom. The van der Waals surface area contributed by atoms with E-state index in [1.165, 1.54) is 24.9 Å². The highest BCUT2D eigenvalue weighted by atomic mass is 16.4. The Hall–Kier alpha value is -3.01. The topological polar surface area (TPSA) is 165 Å². The van der Waals surface area contributed by atoms with Crippen LogP contribution in [0, 0.1) is 0 Å². The molecule has 10 nitrogen and oxygen atoms in total. The lowest BCUT2D eigenvalue weighted by Crippen LogP contribution is -2.17. The van der Waals surface area contributed by atoms with Crippen molar-refractivity contribution in [3.63, 3.8) is 0 Å². The molecule has 0 aromatic carbocycles. The summed E-state index contributed by atoms with van der Waals surface area (Å²) in [6.07, 6.45) is 4.79. The minimum absolute atomic E-state index is 0.610. The number of aliphatic carboxylic acids is 4. The van der Waals surface area contributed by atoms with Gasteiger partial charge in [-0.05, 0) is 38.1 Å². The third kappa shape index (κ3) is 11.5. The molecule has 1 fully saturated rings. The first-order chi connectivity index (χ1) is 12.1. The van der Waals surface area contributed by atoms with Crippen molar-refractivity contribution in [2.75, 3.05) is 13.6 Å². The number of aromatic nitrogens is 1. The van der Waals surface area contributed by atoms with Crippen LogP contribution in [0.5, 0.6) is 0 Å². The fraction of sp³-hybridized carbons (Fsp3) is 0.438. The Morgan fingerprint density at radius 3 is 1.81 bits per heavy atom. The van der Waals surface area contributed by atoms with Gasteiger partial charge in [0.25, 0.3) is 0 Å². The number of hydrogen-bond donors (Lipinski definition) is 4. The van der Waals surface area contributed by atoms with E-state index in [9.17, 15) is 19.2 Å². The van der Waals surface area contributed by atoms with E-state index in [1.807, 2.05) is 18.5 Å². The minimum atomic E-state index is -1.31. The molecular weight excluding hydrogens is 348 g/mol. The Bertz CT molecular complexity index is 556. The normalized spacial score (nSPS) is 15.7. The van der Waals surface area contributed by atoms with Crippen molar-refractivity contribution in [1.29, 1.82) is 0 Å². The van der Waals surface area contributed by atoms with Gasteiger partial charge >= 0.3 is 23.9 Å². The maximum atomic E-state index is 9.43. The van der Waals surface area contributed by atoms with Crippen molar-refractivity contribution in [1.82, 2.24) is 9.88 Å². The molecule has 1 atom stereocenters. The molecule has 0 saturated carbocycles. The molecule has 1 unspecified atom stereocenters. The Balaban J connectivity index is 0.000000390. The Labute approximate surface area is 149 Å². The molecule has 2 heterocycles. The SMILES string of the molecule is CN1CCCC1c1cccnc1.O=C(O)CC(=O)O.O=C(O)CC(=O)O. The van der Waals surface area contributed by atoms with Gasteiger partial charge in [0.15, 0.2) is 0 Å². The molecule has 4 N–H and O–H groups in total. The zero-order valence-electron chi connectivity index (χ0n) is 14.2. The smallest absolute Gasteiger partial charge is 0.314 e. The van der Waals surface area contributed by atoms with E-state index >= 15 is 0 Å². The van der Waals surface area contributed by atoms with Gasteiger partial charge in [0, 0.05) is 18.4 Å². The van der Waals surface area contributed by atoms with Crippen LogP contribution >= 0.6 is 0 Å². The molecule has 10 heteroatoms. The number of likely N-dealkylation sites (tertiary alicyclic amines) is 1. The third-order valence-electron chi connectivity index (χ3n) is 3.19. The fourth-order valence-electron chi connectivity index (χ4n) is 2.16. The lowest BCUT2D eigenvalue weighted by atomic mass is 10.1. The molecule has 0 radical (unpaired) electrons. The van der Waals surface area contributed by atoms with Crippen molar-refractivity contribution < 1.29 is 39.6 Å². The van der Waals surface area contributed by atoms with E-state index in [4.69, 9.17) is 20.4 Å². The molecule has 2 rings (SSSR count). The first-order valence-electron chi connectivity index (χ1n) is 7.60. The van der Waals surface area contributed by atoms with E-state index in [0.717, 1.165) is 0 Å². The number of rotatable bonds is 5. The summed E-state index contributed by atoms with van der Waals surface area (Å²) in [4.78, 5) is 44.3. The quantitative estimate of drug-likeness (QED) is 0.548. The molecule has 0 spiro atoms. The maximum absolute atomic E-state index is 9.43. The van der Waals surface area contributed by atoms with Gasteiger partial charge in [-0.15, -0.1) is 0 Å². The molecule has 1 aromatic rings. The highest BCUT2D eigenvalue weighted by Crippen LogP contribution is 2.29. The number of carbonyl (C=O) groups is 4.